The van der Waals surface area contributed by atoms with Crippen LogP contribution in [0.4, 0.5) is 0 Å². The number of amides is 1. The predicted molar refractivity (Wildman–Crippen MR) is 161 cm³/mol. The van der Waals surface area contributed by atoms with E-state index in [1.54, 1.807) is 6.08 Å². The molecule has 0 bridgehead atoms. The molecule has 3 N–H and O–H groups in total. The number of unbranched alkanes of at least 4 members (excludes halogenated alkanes) is 11. The van der Waals surface area contributed by atoms with Crippen LogP contribution >= 0.6 is 7.82 Å². The molecule has 3 atom stereocenters. The topological polar surface area (TPSA) is 105 Å². The Morgan fingerprint density at radius 2 is 1.41 bits per heavy atom. The van der Waals surface area contributed by atoms with Gasteiger partial charge in [0.2, 0.25) is 5.91 Å². The number of hydrogen-bond donors (Lipinski definition) is 3. The molecule has 8 nitrogen and oxygen atoms in total. The average Bonchev–Trinajstić information content (AvgIpc) is 2.86. The summed E-state index contributed by atoms with van der Waals surface area (Å²) < 4.78 is 23.2. The fraction of sp³-hybridized carbons (Fsp3) is 0.833. The summed E-state index contributed by atoms with van der Waals surface area (Å²) in [5.41, 5.74) is 0. The summed E-state index contributed by atoms with van der Waals surface area (Å²) >= 11 is 0. The molecule has 0 rings (SSSR count). The molecule has 0 fully saturated rings. The Hall–Kier alpha value is -1.02. The molecule has 0 saturated heterocycles. The van der Waals surface area contributed by atoms with Crippen molar-refractivity contribution in [2.45, 2.75) is 122 Å². The van der Waals surface area contributed by atoms with E-state index in [4.69, 9.17) is 9.05 Å². The summed E-state index contributed by atoms with van der Waals surface area (Å²) in [6, 6.07) is -0.841. The standard InChI is InChI=1S/C30H59N2O6P/c1-6-8-10-12-14-15-16-17-18-20-22-24-30(34)31-28(29(33)23-21-19-13-11-9-7-2)27-38-39(35,36)37-26-25-32(3,4)5/h12,14,21,23,28-29,33H,6-11,13,15-20,22,24-27H2,1-5H3,(H-,31,34,35,36)/p+1/b14-12-,23-21+. The number of phosphoric acid groups is 1. The van der Waals surface area contributed by atoms with Crippen molar-refractivity contribution in [1.82, 2.24) is 5.32 Å². The van der Waals surface area contributed by atoms with E-state index in [0.717, 1.165) is 57.8 Å². The molecule has 0 aromatic rings. The molecule has 39 heavy (non-hydrogen) atoms. The molecular weight excluding hydrogens is 515 g/mol. The van der Waals surface area contributed by atoms with Gasteiger partial charge in [-0.15, -0.1) is 0 Å². The number of carbonyl (C=O) groups is 1. The first-order valence-electron chi connectivity index (χ1n) is 15.2. The predicted octanol–water partition coefficient (Wildman–Crippen LogP) is 6.68. The van der Waals surface area contributed by atoms with Crippen LogP contribution < -0.4 is 5.32 Å². The van der Waals surface area contributed by atoms with E-state index in [1.807, 2.05) is 27.2 Å². The van der Waals surface area contributed by atoms with E-state index in [0.29, 0.717) is 17.4 Å². The first kappa shape index (κ1) is 38.0. The van der Waals surface area contributed by atoms with Crippen molar-refractivity contribution in [2.24, 2.45) is 0 Å². The molecule has 3 unspecified atom stereocenters. The molecule has 0 saturated carbocycles. The van der Waals surface area contributed by atoms with Crippen molar-refractivity contribution >= 4 is 13.7 Å². The molecule has 0 aliphatic carbocycles. The SMILES string of the molecule is CCCC/C=C\CCCCCCCC(=O)NC(COP(=O)(O)OCC[N+](C)(C)C)C(O)/C=C/CCCCCC. The maximum Gasteiger partial charge on any atom is 0.472 e. The zero-order valence-corrected chi connectivity index (χ0v) is 26.5. The lowest BCUT2D eigenvalue weighted by Crippen LogP contribution is -2.45. The summed E-state index contributed by atoms with van der Waals surface area (Å²) in [7, 11) is 1.55. The van der Waals surface area contributed by atoms with E-state index >= 15 is 0 Å². The van der Waals surface area contributed by atoms with Gasteiger partial charge in [0, 0.05) is 6.42 Å². The molecular formula is C30H60N2O6P+. The molecule has 0 aliphatic rings. The fourth-order valence-electron chi connectivity index (χ4n) is 3.84. The zero-order chi connectivity index (χ0) is 29.4. The molecule has 0 aromatic heterocycles. The van der Waals surface area contributed by atoms with Crippen LogP contribution in [0.2, 0.25) is 0 Å². The average molecular weight is 576 g/mol. The Bertz CT molecular complexity index is 708. The summed E-state index contributed by atoms with van der Waals surface area (Å²) in [5.74, 6) is -0.198. The van der Waals surface area contributed by atoms with Gasteiger partial charge in [0.25, 0.3) is 0 Å². The first-order valence-corrected chi connectivity index (χ1v) is 16.7. The quantitative estimate of drug-likeness (QED) is 0.0460. The van der Waals surface area contributed by atoms with Crippen LogP contribution in [0.3, 0.4) is 0 Å². The van der Waals surface area contributed by atoms with Gasteiger partial charge in [-0.2, -0.15) is 0 Å². The van der Waals surface area contributed by atoms with Crippen molar-refractivity contribution in [2.75, 3.05) is 40.9 Å². The van der Waals surface area contributed by atoms with Crippen LogP contribution in [0.15, 0.2) is 24.3 Å². The minimum atomic E-state index is -4.31. The number of aliphatic hydroxyl groups excluding tert-OH is 1. The Balaban J connectivity index is 4.62. The van der Waals surface area contributed by atoms with Crippen molar-refractivity contribution in [3.05, 3.63) is 24.3 Å². The maximum atomic E-state index is 12.6. The van der Waals surface area contributed by atoms with Crippen LogP contribution in [0, 0.1) is 0 Å². The number of likely N-dealkylation sites (N-methyl/N-ethyl adjacent to an activating group) is 1. The third kappa shape index (κ3) is 25.7. The number of nitrogens with zero attached hydrogens (tertiary/aromatic N) is 1. The number of rotatable bonds is 26. The van der Waals surface area contributed by atoms with E-state index < -0.39 is 20.0 Å². The number of nitrogens with one attached hydrogen (secondary N) is 1. The van der Waals surface area contributed by atoms with E-state index in [9.17, 15) is 19.4 Å². The van der Waals surface area contributed by atoms with Crippen LogP contribution in [0.1, 0.15) is 110 Å². The second-order valence-electron chi connectivity index (χ2n) is 11.5. The monoisotopic (exact) mass is 575 g/mol. The third-order valence-electron chi connectivity index (χ3n) is 6.42. The van der Waals surface area contributed by atoms with Gasteiger partial charge in [-0.1, -0.05) is 89.5 Å². The van der Waals surface area contributed by atoms with Gasteiger partial charge in [0.15, 0.2) is 0 Å². The molecule has 0 aromatic carbocycles. The van der Waals surface area contributed by atoms with Crippen molar-refractivity contribution in [3.8, 4) is 0 Å². The number of phosphoric ester groups is 1. The number of aliphatic hydroxyl groups is 1. The molecule has 0 heterocycles. The Labute approximate surface area is 239 Å². The lowest BCUT2D eigenvalue weighted by atomic mass is 10.1. The van der Waals surface area contributed by atoms with E-state index in [1.165, 1.54) is 32.1 Å². The second kappa shape index (κ2) is 23.7. The smallest absolute Gasteiger partial charge is 0.387 e. The number of quaternary nitrogens is 1. The first-order chi connectivity index (χ1) is 18.5. The maximum absolute atomic E-state index is 12.6. The minimum Gasteiger partial charge on any atom is -0.387 e. The Kier molecular flexibility index (Phi) is 23.0. The molecule has 0 spiro atoms. The van der Waals surface area contributed by atoms with Crippen LogP contribution in [-0.4, -0.2) is 73.4 Å². The summed E-state index contributed by atoms with van der Waals surface area (Å²) in [6.07, 6.45) is 22.6. The van der Waals surface area contributed by atoms with Gasteiger partial charge in [-0.05, 0) is 38.5 Å². The van der Waals surface area contributed by atoms with Crippen LogP contribution in [-0.2, 0) is 18.4 Å². The van der Waals surface area contributed by atoms with Crippen molar-refractivity contribution in [1.29, 1.82) is 0 Å². The van der Waals surface area contributed by atoms with Gasteiger partial charge in [-0.3, -0.25) is 13.8 Å². The van der Waals surface area contributed by atoms with E-state index in [2.05, 4.69) is 31.3 Å². The van der Waals surface area contributed by atoms with Gasteiger partial charge in [0.05, 0.1) is 39.9 Å². The highest BCUT2D eigenvalue weighted by Gasteiger charge is 2.27. The lowest BCUT2D eigenvalue weighted by Gasteiger charge is -2.25. The highest BCUT2D eigenvalue weighted by Crippen LogP contribution is 2.43. The normalized spacial score (nSPS) is 15.6. The summed E-state index contributed by atoms with van der Waals surface area (Å²) in [5, 5.41) is 13.5. The highest BCUT2D eigenvalue weighted by molar-refractivity contribution is 7.47. The Morgan fingerprint density at radius 1 is 0.846 bits per heavy atom. The number of hydrogen-bond acceptors (Lipinski definition) is 5. The molecule has 1 amide bonds. The van der Waals surface area contributed by atoms with Crippen molar-refractivity contribution < 1.29 is 32.9 Å². The van der Waals surface area contributed by atoms with Crippen LogP contribution in [0.25, 0.3) is 0 Å². The largest absolute Gasteiger partial charge is 0.472 e. The molecule has 9 heteroatoms. The number of allylic oxidation sites excluding steroid dienone is 3. The third-order valence-corrected chi connectivity index (χ3v) is 7.40. The minimum absolute atomic E-state index is 0.0592. The lowest BCUT2D eigenvalue weighted by molar-refractivity contribution is -0.870. The van der Waals surface area contributed by atoms with Gasteiger partial charge in [0.1, 0.15) is 13.2 Å². The molecule has 230 valence electrons. The van der Waals surface area contributed by atoms with E-state index in [-0.39, 0.29) is 19.1 Å². The second-order valence-corrected chi connectivity index (χ2v) is 12.9. The summed E-state index contributed by atoms with van der Waals surface area (Å²) in [4.78, 5) is 22.7. The molecule has 0 radical (unpaired) electrons. The van der Waals surface area contributed by atoms with Gasteiger partial charge in [-0.25, -0.2) is 4.57 Å². The zero-order valence-electron chi connectivity index (χ0n) is 25.6. The van der Waals surface area contributed by atoms with Gasteiger partial charge >= 0.3 is 7.82 Å². The summed E-state index contributed by atoms with van der Waals surface area (Å²) in [6.45, 7) is 4.64. The highest BCUT2D eigenvalue weighted by atomic mass is 31.2. The fourth-order valence-corrected chi connectivity index (χ4v) is 4.58. The number of carbonyl (C=O) groups excluding carboxylic acids is 1. The van der Waals surface area contributed by atoms with Gasteiger partial charge < -0.3 is 19.8 Å². The van der Waals surface area contributed by atoms with Crippen molar-refractivity contribution in [3.63, 3.8) is 0 Å². The molecule has 0 aliphatic heterocycles. The van der Waals surface area contributed by atoms with Crippen LogP contribution in [0.5, 0.6) is 0 Å². The Morgan fingerprint density at radius 3 is 2.05 bits per heavy atom.